The van der Waals surface area contributed by atoms with Gasteiger partial charge in [-0.3, -0.25) is 0 Å². The van der Waals surface area contributed by atoms with Crippen molar-refractivity contribution in [2.45, 2.75) is 40.7 Å². The average Bonchev–Trinajstić information content (AvgIpc) is 2.65. The van der Waals surface area contributed by atoms with Crippen LogP contribution in [0, 0.1) is 12.7 Å². The summed E-state index contributed by atoms with van der Waals surface area (Å²) in [5.74, 6) is -0.167. The molecule has 0 fully saturated rings. The average molecular weight is 222 g/mol. The van der Waals surface area contributed by atoms with E-state index in [0.717, 1.165) is 11.0 Å². The Morgan fingerprint density at radius 1 is 1.25 bits per heavy atom. The van der Waals surface area contributed by atoms with Gasteiger partial charge in [-0.05, 0) is 32.4 Å². The molecular weight excluding hydrogens is 203 g/mol. The fourth-order valence-corrected chi connectivity index (χ4v) is 1.56. The molecule has 2 aromatic rings. The molecule has 0 radical (unpaired) electrons. The first-order valence-corrected chi connectivity index (χ1v) is 5.72. The highest BCUT2D eigenvalue weighted by molar-refractivity contribution is 5.76. The molecule has 0 spiro atoms. The summed E-state index contributed by atoms with van der Waals surface area (Å²) in [5, 5.41) is 0. The molecule has 0 amide bonds. The van der Waals surface area contributed by atoms with E-state index < -0.39 is 0 Å². The lowest BCUT2D eigenvalue weighted by atomic mass is 10.2. The molecule has 2 nitrogen and oxygen atoms in total. The Balaban J connectivity index is 0.000000606. The normalized spacial score (nSPS) is 10.4. The summed E-state index contributed by atoms with van der Waals surface area (Å²) >= 11 is 0. The minimum atomic E-state index is -0.167. The molecule has 0 N–H and O–H groups in total. The van der Waals surface area contributed by atoms with Gasteiger partial charge in [0.1, 0.15) is 5.82 Å². The number of benzene rings is 1. The number of hydrogen-bond donors (Lipinski definition) is 0. The van der Waals surface area contributed by atoms with Crippen LogP contribution in [0.4, 0.5) is 4.39 Å². The van der Waals surface area contributed by atoms with E-state index in [1.54, 1.807) is 25.4 Å². The molecule has 0 aliphatic heterocycles. The minimum Gasteiger partial charge on any atom is -0.328 e. The summed E-state index contributed by atoms with van der Waals surface area (Å²) in [5.41, 5.74) is 2.37. The smallest absolute Gasteiger partial charge is 0.128 e. The molecule has 1 heterocycles. The van der Waals surface area contributed by atoms with Crippen molar-refractivity contribution in [3.8, 4) is 0 Å². The molecule has 0 bridgehead atoms. The van der Waals surface area contributed by atoms with Crippen LogP contribution < -0.4 is 0 Å². The van der Waals surface area contributed by atoms with Gasteiger partial charge in [-0.15, -0.1) is 0 Å². The van der Waals surface area contributed by atoms with Gasteiger partial charge in [0.2, 0.25) is 0 Å². The standard InChI is InChI=1S/C11H13FN2.C2H6/c1-7(2)14-6-13-10-4-8(3)9(12)5-11(10)14;1-2/h4-7H,1-3H3;1-2H3. The number of rotatable bonds is 1. The van der Waals surface area contributed by atoms with Crippen molar-refractivity contribution >= 4 is 11.0 Å². The maximum absolute atomic E-state index is 13.3. The lowest BCUT2D eigenvalue weighted by Crippen LogP contribution is -1.98. The summed E-state index contributed by atoms with van der Waals surface area (Å²) in [4.78, 5) is 4.24. The molecule has 0 unspecified atom stereocenters. The summed E-state index contributed by atoms with van der Waals surface area (Å²) in [7, 11) is 0. The Labute approximate surface area is 96.1 Å². The molecule has 3 heteroatoms. The van der Waals surface area contributed by atoms with Crippen LogP contribution in [-0.2, 0) is 0 Å². The van der Waals surface area contributed by atoms with Gasteiger partial charge in [-0.1, -0.05) is 13.8 Å². The Bertz CT molecular complexity index is 472. The molecular formula is C13H19FN2. The van der Waals surface area contributed by atoms with E-state index in [1.165, 1.54) is 0 Å². The summed E-state index contributed by atoms with van der Waals surface area (Å²) < 4.78 is 15.3. The van der Waals surface area contributed by atoms with E-state index in [2.05, 4.69) is 18.8 Å². The SMILES string of the molecule is CC.Cc1cc2ncn(C(C)C)c2cc1F. The van der Waals surface area contributed by atoms with Crippen LogP contribution >= 0.6 is 0 Å². The maximum atomic E-state index is 13.3. The number of nitrogens with zero attached hydrogens (tertiary/aromatic N) is 2. The molecule has 88 valence electrons. The zero-order valence-electron chi connectivity index (χ0n) is 10.6. The number of hydrogen-bond acceptors (Lipinski definition) is 1. The van der Waals surface area contributed by atoms with Gasteiger partial charge < -0.3 is 4.57 Å². The van der Waals surface area contributed by atoms with Crippen molar-refractivity contribution in [2.75, 3.05) is 0 Å². The van der Waals surface area contributed by atoms with Crippen molar-refractivity contribution in [3.05, 3.63) is 29.8 Å². The Kier molecular flexibility index (Phi) is 4.05. The molecule has 1 aromatic heterocycles. The topological polar surface area (TPSA) is 17.8 Å². The van der Waals surface area contributed by atoms with E-state index in [0.29, 0.717) is 11.6 Å². The van der Waals surface area contributed by atoms with E-state index in [1.807, 2.05) is 18.4 Å². The largest absolute Gasteiger partial charge is 0.328 e. The van der Waals surface area contributed by atoms with Crippen molar-refractivity contribution in [2.24, 2.45) is 0 Å². The van der Waals surface area contributed by atoms with Gasteiger partial charge in [0.25, 0.3) is 0 Å². The summed E-state index contributed by atoms with van der Waals surface area (Å²) in [6.45, 7) is 9.86. The van der Waals surface area contributed by atoms with Crippen LogP contribution in [0.1, 0.15) is 39.3 Å². The molecule has 0 saturated carbocycles. The lowest BCUT2D eigenvalue weighted by Gasteiger charge is -2.07. The fourth-order valence-electron chi connectivity index (χ4n) is 1.56. The van der Waals surface area contributed by atoms with Crippen LogP contribution in [0.3, 0.4) is 0 Å². The highest BCUT2D eigenvalue weighted by atomic mass is 19.1. The first-order valence-electron chi connectivity index (χ1n) is 5.72. The highest BCUT2D eigenvalue weighted by Gasteiger charge is 2.08. The second kappa shape index (κ2) is 5.10. The Morgan fingerprint density at radius 3 is 2.44 bits per heavy atom. The van der Waals surface area contributed by atoms with Gasteiger partial charge in [-0.25, -0.2) is 9.37 Å². The monoisotopic (exact) mass is 222 g/mol. The van der Waals surface area contributed by atoms with Gasteiger partial charge in [0.15, 0.2) is 0 Å². The molecule has 16 heavy (non-hydrogen) atoms. The van der Waals surface area contributed by atoms with Crippen molar-refractivity contribution < 1.29 is 4.39 Å². The number of halogens is 1. The fraction of sp³-hybridized carbons (Fsp3) is 0.462. The van der Waals surface area contributed by atoms with E-state index in [-0.39, 0.29) is 5.82 Å². The van der Waals surface area contributed by atoms with Crippen molar-refractivity contribution in [1.29, 1.82) is 0 Å². The van der Waals surface area contributed by atoms with Crippen molar-refractivity contribution in [1.82, 2.24) is 9.55 Å². The summed E-state index contributed by atoms with van der Waals surface area (Å²) in [6, 6.07) is 3.64. The first kappa shape index (κ1) is 12.7. The summed E-state index contributed by atoms with van der Waals surface area (Å²) in [6.07, 6.45) is 1.76. The minimum absolute atomic E-state index is 0.167. The van der Waals surface area contributed by atoms with Crippen LogP contribution in [-0.4, -0.2) is 9.55 Å². The second-order valence-corrected chi connectivity index (χ2v) is 3.84. The molecule has 0 aliphatic carbocycles. The third-order valence-corrected chi connectivity index (χ3v) is 2.41. The van der Waals surface area contributed by atoms with E-state index in [4.69, 9.17) is 0 Å². The Hall–Kier alpha value is -1.38. The number of fused-ring (bicyclic) bond motifs is 1. The Morgan fingerprint density at radius 2 is 1.88 bits per heavy atom. The molecule has 0 aliphatic rings. The van der Waals surface area contributed by atoms with Crippen LogP contribution in [0.15, 0.2) is 18.5 Å². The van der Waals surface area contributed by atoms with Gasteiger partial charge in [0.05, 0.1) is 17.4 Å². The zero-order valence-corrected chi connectivity index (χ0v) is 10.6. The zero-order chi connectivity index (χ0) is 12.3. The molecule has 0 atom stereocenters. The predicted molar refractivity (Wildman–Crippen MR) is 66.2 cm³/mol. The molecule has 0 saturated heterocycles. The predicted octanol–water partition coefficient (Wildman–Crippen LogP) is 4.09. The lowest BCUT2D eigenvalue weighted by molar-refractivity contribution is 0.605. The number of aryl methyl sites for hydroxylation is 1. The van der Waals surface area contributed by atoms with E-state index >= 15 is 0 Å². The van der Waals surface area contributed by atoms with Crippen LogP contribution in [0.2, 0.25) is 0 Å². The maximum Gasteiger partial charge on any atom is 0.128 e. The van der Waals surface area contributed by atoms with Crippen molar-refractivity contribution in [3.63, 3.8) is 0 Å². The van der Waals surface area contributed by atoms with Crippen LogP contribution in [0.5, 0.6) is 0 Å². The van der Waals surface area contributed by atoms with Gasteiger partial charge in [-0.2, -0.15) is 0 Å². The third kappa shape index (κ3) is 2.23. The molecule has 2 rings (SSSR count). The molecule has 1 aromatic carbocycles. The first-order chi connectivity index (χ1) is 7.59. The highest BCUT2D eigenvalue weighted by Crippen LogP contribution is 2.20. The van der Waals surface area contributed by atoms with Gasteiger partial charge >= 0.3 is 0 Å². The third-order valence-electron chi connectivity index (χ3n) is 2.41. The van der Waals surface area contributed by atoms with Crippen LogP contribution in [0.25, 0.3) is 11.0 Å². The van der Waals surface area contributed by atoms with Gasteiger partial charge in [0, 0.05) is 12.1 Å². The van der Waals surface area contributed by atoms with E-state index in [9.17, 15) is 4.39 Å². The second-order valence-electron chi connectivity index (χ2n) is 3.84. The quantitative estimate of drug-likeness (QED) is 0.710. The number of imidazole rings is 1. The number of aromatic nitrogens is 2.